The summed E-state index contributed by atoms with van der Waals surface area (Å²) < 4.78 is 10.3. The van der Waals surface area contributed by atoms with Crippen molar-refractivity contribution in [1.29, 1.82) is 0 Å². The Labute approximate surface area is 157 Å². The highest BCUT2D eigenvalue weighted by Crippen LogP contribution is 2.25. The van der Waals surface area contributed by atoms with E-state index in [1.165, 1.54) is 6.92 Å². The first-order valence-corrected chi connectivity index (χ1v) is 8.92. The van der Waals surface area contributed by atoms with Crippen molar-refractivity contribution < 1.29 is 23.9 Å². The molecule has 1 fully saturated rings. The number of carbonyl (C=O) groups is 3. The second kappa shape index (κ2) is 9.43. The normalized spacial score (nSPS) is 15.2. The van der Waals surface area contributed by atoms with Crippen LogP contribution in [0.15, 0.2) is 18.2 Å². The summed E-state index contributed by atoms with van der Waals surface area (Å²) in [4.78, 5) is 35.5. The van der Waals surface area contributed by atoms with E-state index in [2.05, 4.69) is 10.6 Å². The highest BCUT2D eigenvalue weighted by molar-refractivity contribution is 6.32. The maximum Gasteiger partial charge on any atom is 0.344 e. The molecule has 0 saturated heterocycles. The lowest BCUT2D eigenvalue weighted by Gasteiger charge is -2.16. The van der Waals surface area contributed by atoms with Gasteiger partial charge < -0.3 is 14.8 Å². The predicted molar refractivity (Wildman–Crippen MR) is 96.2 cm³/mol. The van der Waals surface area contributed by atoms with Crippen molar-refractivity contribution in [2.75, 3.05) is 6.61 Å². The maximum absolute atomic E-state index is 11.9. The lowest BCUT2D eigenvalue weighted by molar-refractivity contribution is -0.156. The van der Waals surface area contributed by atoms with Gasteiger partial charge >= 0.3 is 12.0 Å². The molecule has 1 atom stereocenters. The molecule has 0 heterocycles. The number of esters is 1. The molecule has 1 saturated carbocycles. The summed E-state index contributed by atoms with van der Waals surface area (Å²) in [5.74, 6) is -1.07. The third kappa shape index (κ3) is 6.22. The number of hydrogen-bond acceptors (Lipinski definition) is 5. The van der Waals surface area contributed by atoms with Gasteiger partial charge in [0, 0.05) is 6.04 Å². The zero-order chi connectivity index (χ0) is 19.1. The van der Waals surface area contributed by atoms with Crippen molar-refractivity contribution in [3.63, 3.8) is 0 Å². The SMILES string of the molecule is Cc1ccc(Cl)c(OCC(=O)O[C@@H](C)C(=O)NC(=O)NC2CCCC2)c1. The fourth-order valence-corrected chi connectivity index (χ4v) is 2.82. The topological polar surface area (TPSA) is 93.7 Å². The largest absolute Gasteiger partial charge is 0.480 e. The molecular formula is C18H23ClN2O5. The van der Waals surface area contributed by atoms with Gasteiger partial charge in [-0.25, -0.2) is 9.59 Å². The van der Waals surface area contributed by atoms with E-state index in [9.17, 15) is 14.4 Å². The number of ether oxygens (including phenoxy) is 2. The Morgan fingerprint density at radius 2 is 1.96 bits per heavy atom. The average molecular weight is 383 g/mol. The number of rotatable bonds is 6. The Bertz CT molecular complexity index is 674. The number of hydrogen-bond donors (Lipinski definition) is 2. The Morgan fingerprint density at radius 1 is 1.27 bits per heavy atom. The van der Waals surface area contributed by atoms with Crippen LogP contribution < -0.4 is 15.4 Å². The summed E-state index contributed by atoms with van der Waals surface area (Å²) >= 11 is 5.98. The molecule has 0 radical (unpaired) electrons. The van der Waals surface area contributed by atoms with Crippen LogP contribution >= 0.6 is 11.6 Å². The molecule has 0 unspecified atom stereocenters. The van der Waals surface area contributed by atoms with Crippen LogP contribution in [-0.2, 0) is 14.3 Å². The average Bonchev–Trinajstić information content (AvgIpc) is 3.08. The monoisotopic (exact) mass is 382 g/mol. The Morgan fingerprint density at radius 3 is 2.65 bits per heavy atom. The van der Waals surface area contributed by atoms with Crippen LogP contribution in [-0.4, -0.2) is 36.7 Å². The number of imide groups is 1. The van der Waals surface area contributed by atoms with Gasteiger partial charge in [-0.15, -0.1) is 0 Å². The van der Waals surface area contributed by atoms with Gasteiger partial charge in [-0.1, -0.05) is 30.5 Å². The van der Waals surface area contributed by atoms with Crippen LogP contribution in [0.5, 0.6) is 5.75 Å². The van der Waals surface area contributed by atoms with E-state index in [4.69, 9.17) is 21.1 Å². The minimum Gasteiger partial charge on any atom is -0.480 e. The second-order valence-electron chi connectivity index (χ2n) is 6.30. The number of carbonyl (C=O) groups excluding carboxylic acids is 3. The molecule has 0 spiro atoms. The summed E-state index contributed by atoms with van der Waals surface area (Å²) in [5.41, 5.74) is 0.929. The number of benzene rings is 1. The number of aryl methyl sites for hydroxylation is 1. The fourth-order valence-electron chi connectivity index (χ4n) is 2.65. The minimum atomic E-state index is -1.12. The standard InChI is InChI=1S/C18H23ClN2O5/c1-11-7-8-14(19)15(9-11)25-10-16(22)26-12(2)17(23)21-18(24)20-13-5-3-4-6-13/h7-9,12-13H,3-6,10H2,1-2H3,(H2,20,21,23,24)/t12-/m0/s1. The predicted octanol–water partition coefficient (Wildman–Crippen LogP) is 2.73. The zero-order valence-corrected chi connectivity index (χ0v) is 15.6. The van der Waals surface area contributed by atoms with Crippen molar-refractivity contribution in [2.45, 2.75) is 51.7 Å². The zero-order valence-electron chi connectivity index (χ0n) is 14.8. The molecule has 26 heavy (non-hydrogen) atoms. The number of halogens is 1. The van der Waals surface area contributed by atoms with E-state index in [1.807, 2.05) is 13.0 Å². The minimum absolute atomic E-state index is 0.0909. The van der Waals surface area contributed by atoms with Crippen LogP contribution in [0.2, 0.25) is 5.02 Å². The summed E-state index contributed by atoms with van der Waals surface area (Å²) in [7, 11) is 0. The summed E-state index contributed by atoms with van der Waals surface area (Å²) in [5, 5.41) is 5.27. The lowest BCUT2D eigenvalue weighted by atomic mass is 10.2. The van der Waals surface area contributed by atoms with Gasteiger partial charge in [-0.05, 0) is 44.4 Å². The van der Waals surface area contributed by atoms with Crippen LogP contribution in [0.1, 0.15) is 38.2 Å². The highest BCUT2D eigenvalue weighted by Gasteiger charge is 2.22. The number of urea groups is 1. The molecule has 2 rings (SSSR count). The molecule has 8 heteroatoms. The molecule has 3 amide bonds. The summed E-state index contributed by atoms with van der Waals surface area (Å²) in [6.07, 6.45) is 2.83. The van der Waals surface area contributed by atoms with Gasteiger partial charge in [0.25, 0.3) is 5.91 Å². The molecular weight excluding hydrogens is 360 g/mol. The van der Waals surface area contributed by atoms with Gasteiger partial charge in [-0.3, -0.25) is 10.1 Å². The fraction of sp³-hybridized carbons (Fsp3) is 0.500. The molecule has 1 aromatic rings. The molecule has 0 aliphatic heterocycles. The Hall–Kier alpha value is -2.28. The third-order valence-corrected chi connectivity index (χ3v) is 4.35. The van der Waals surface area contributed by atoms with Crippen molar-refractivity contribution in [1.82, 2.24) is 10.6 Å². The van der Waals surface area contributed by atoms with Gasteiger partial charge in [0.2, 0.25) is 0 Å². The van der Waals surface area contributed by atoms with E-state index in [1.54, 1.807) is 12.1 Å². The van der Waals surface area contributed by atoms with Crippen molar-refractivity contribution in [2.24, 2.45) is 0 Å². The van der Waals surface area contributed by atoms with Crippen molar-refractivity contribution in [3.05, 3.63) is 28.8 Å². The van der Waals surface area contributed by atoms with Gasteiger partial charge in [0.05, 0.1) is 5.02 Å². The first kappa shape index (κ1) is 20.0. The van der Waals surface area contributed by atoms with E-state index in [-0.39, 0.29) is 6.04 Å². The second-order valence-corrected chi connectivity index (χ2v) is 6.71. The van der Waals surface area contributed by atoms with Gasteiger partial charge in [-0.2, -0.15) is 0 Å². The molecule has 0 aromatic heterocycles. The van der Waals surface area contributed by atoms with Gasteiger partial charge in [0.15, 0.2) is 12.7 Å². The van der Waals surface area contributed by atoms with E-state index >= 15 is 0 Å². The van der Waals surface area contributed by atoms with E-state index < -0.39 is 30.6 Å². The van der Waals surface area contributed by atoms with E-state index in [0.717, 1.165) is 31.2 Å². The molecule has 2 N–H and O–H groups in total. The van der Waals surface area contributed by atoms with Crippen LogP contribution in [0.4, 0.5) is 4.79 Å². The molecule has 7 nitrogen and oxygen atoms in total. The summed E-state index contributed by atoms with van der Waals surface area (Å²) in [6.45, 7) is 2.86. The van der Waals surface area contributed by atoms with Gasteiger partial charge in [0.1, 0.15) is 5.75 Å². The van der Waals surface area contributed by atoms with Crippen LogP contribution in [0.25, 0.3) is 0 Å². The molecule has 1 aliphatic rings. The first-order chi connectivity index (χ1) is 12.3. The maximum atomic E-state index is 11.9. The molecule has 142 valence electrons. The highest BCUT2D eigenvalue weighted by atomic mass is 35.5. The number of amides is 3. The Balaban J connectivity index is 1.73. The molecule has 1 aliphatic carbocycles. The summed E-state index contributed by atoms with van der Waals surface area (Å²) in [6, 6.07) is 4.69. The quantitative estimate of drug-likeness (QED) is 0.738. The molecule has 1 aromatic carbocycles. The first-order valence-electron chi connectivity index (χ1n) is 8.55. The van der Waals surface area contributed by atoms with Crippen LogP contribution in [0.3, 0.4) is 0 Å². The smallest absolute Gasteiger partial charge is 0.344 e. The Kier molecular flexibility index (Phi) is 7.26. The third-order valence-electron chi connectivity index (χ3n) is 4.04. The van der Waals surface area contributed by atoms with Crippen LogP contribution in [0, 0.1) is 6.92 Å². The number of nitrogens with one attached hydrogen (secondary N) is 2. The van der Waals surface area contributed by atoms with Crippen molar-refractivity contribution >= 4 is 29.5 Å². The lowest BCUT2D eigenvalue weighted by Crippen LogP contribution is -2.47. The van der Waals surface area contributed by atoms with Crippen molar-refractivity contribution in [3.8, 4) is 5.75 Å². The molecule has 0 bridgehead atoms. The van der Waals surface area contributed by atoms with E-state index in [0.29, 0.717) is 10.8 Å².